The number of alkyl carbamates (subject to hydrolysis) is 1. The highest BCUT2D eigenvalue weighted by atomic mass is 19.1. The summed E-state index contributed by atoms with van der Waals surface area (Å²) in [6.07, 6.45) is 10.2. The number of carbonyl (C=O) groups excluding carboxylic acids is 4. The number of H-pyrrole nitrogens is 1. The Kier molecular flexibility index (Phi) is 13.3. The van der Waals surface area contributed by atoms with Crippen LogP contribution < -0.4 is 10.9 Å². The highest BCUT2D eigenvalue weighted by Gasteiger charge is 2.47. The fourth-order valence-electron chi connectivity index (χ4n) is 10.5. The molecule has 8 rings (SSSR count). The van der Waals surface area contributed by atoms with Gasteiger partial charge in [0.2, 0.25) is 11.8 Å². The summed E-state index contributed by atoms with van der Waals surface area (Å²) in [4.78, 5) is 74.0. The molecule has 4 amide bonds. The number of hydrogen-bond acceptors (Lipinski definition) is 9. The molecule has 334 valence electrons. The van der Waals surface area contributed by atoms with E-state index < -0.39 is 29.5 Å². The summed E-state index contributed by atoms with van der Waals surface area (Å²) in [5.74, 6) is -0.853. The molecule has 2 N–H and O–H groups in total. The molecule has 1 aromatic heterocycles. The van der Waals surface area contributed by atoms with Crippen molar-refractivity contribution in [3.63, 3.8) is 0 Å². The van der Waals surface area contributed by atoms with Crippen LogP contribution in [0.25, 0.3) is 10.8 Å². The first-order valence-corrected chi connectivity index (χ1v) is 22.8. The summed E-state index contributed by atoms with van der Waals surface area (Å²) in [5.41, 5.74) is 0.370. The van der Waals surface area contributed by atoms with Gasteiger partial charge in [0.15, 0.2) is 0 Å². The average Bonchev–Trinajstić information content (AvgIpc) is 3.53. The largest absolute Gasteiger partial charge is 0.444 e. The van der Waals surface area contributed by atoms with Crippen LogP contribution in [0.4, 0.5) is 9.18 Å². The maximum absolute atomic E-state index is 15.1. The maximum atomic E-state index is 15.1. The van der Waals surface area contributed by atoms with Crippen molar-refractivity contribution in [3.8, 4) is 0 Å². The number of halogens is 1. The Bertz CT molecular complexity index is 2160. The number of fused-ring (bicyclic) bond motifs is 3. The molecule has 3 atom stereocenters. The Hall–Kier alpha value is -4.89. The van der Waals surface area contributed by atoms with Gasteiger partial charge in [-0.1, -0.05) is 43.5 Å². The topological polar surface area (TPSA) is 157 Å². The Morgan fingerprint density at radius 2 is 1.50 bits per heavy atom. The molecule has 5 aliphatic rings. The summed E-state index contributed by atoms with van der Waals surface area (Å²) >= 11 is 0. The zero-order valence-corrected chi connectivity index (χ0v) is 36.4. The van der Waals surface area contributed by atoms with E-state index in [1.165, 1.54) is 6.07 Å². The van der Waals surface area contributed by atoms with Gasteiger partial charge in [0.25, 0.3) is 11.5 Å². The fraction of sp³-hybridized carbons (Fsp3) is 0.617. The number of aromatic amines is 1. The predicted molar refractivity (Wildman–Crippen MR) is 231 cm³/mol. The van der Waals surface area contributed by atoms with Crippen molar-refractivity contribution >= 4 is 34.6 Å². The molecule has 4 saturated heterocycles. The molecule has 1 aliphatic carbocycles. The van der Waals surface area contributed by atoms with Crippen molar-refractivity contribution in [2.24, 2.45) is 5.92 Å². The number of hydrogen-bond donors (Lipinski definition) is 2. The molecule has 15 heteroatoms. The third kappa shape index (κ3) is 10.1. The lowest BCUT2D eigenvalue weighted by molar-refractivity contribution is -0.145. The number of rotatable bonds is 10. The first kappa shape index (κ1) is 43.7. The van der Waals surface area contributed by atoms with Gasteiger partial charge in [-0.05, 0) is 102 Å². The molecule has 5 heterocycles. The molecular formula is C47H62FN7O7. The number of carbonyl (C=O) groups is 4. The monoisotopic (exact) mass is 855 g/mol. The SMILES string of the molecule is CC(C)(C)OC(=O)N[C@@H](C(=O)N1C2CCC1CC(OC1CCN(CC(=O)N3CCN(C(=O)c4cc(Cc5n[nH]c(=O)c6ccccc56)ccc4F)CC3)CC1)C2)C1CCCCC1. The second-order valence-corrected chi connectivity index (χ2v) is 19.1. The second-order valence-electron chi connectivity index (χ2n) is 19.1. The standard InChI is InChI=1S/C47H62FN7O7/c1-47(2,3)62-46(60)49-42(31-9-5-4-6-10-31)45(59)55-32-14-15-33(55)28-35(27-32)61-34-17-19-52(20-18-34)29-41(56)53-21-23-54(24-22-53)44(58)38-25-30(13-16-39(38)48)26-40-36-11-7-8-12-37(36)43(57)51-50-40/h7-8,11-13,16,25,31-35,42H,4-6,9-10,14-15,17-24,26-29H2,1-3H3,(H,49,60)(H,51,57)/t32?,33?,35?,42-/m1/s1. The van der Waals surface area contributed by atoms with Gasteiger partial charge in [-0.15, -0.1) is 0 Å². The van der Waals surface area contributed by atoms with Crippen molar-refractivity contribution in [3.05, 3.63) is 75.5 Å². The van der Waals surface area contributed by atoms with Gasteiger partial charge in [-0.2, -0.15) is 5.10 Å². The minimum Gasteiger partial charge on any atom is -0.444 e. The number of aromatic nitrogens is 2. The molecule has 0 radical (unpaired) electrons. The molecule has 0 spiro atoms. The van der Waals surface area contributed by atoms with E-state index in [0.717, 1.165) is 83.7 Å². The molecule has 5 fully saturated rings. The van der Waals surface area contributed by atoms with E-state index in [-0.39, 0.29) is 53.1 Å². The summed E-state index contributed by atoms with van der Waals surface area (Å²) < 4.78 is 27.4. The van der Waals surface area contributed by atoms with E-state index in [0.29, 0.717) is 61.2 Å². The number of nitrogens with one attached hydrogen (secondary N) is 2. The summed E-state index contributed by atoms with van der Waals surface area (Å²) in [6.45, 7) is 8.67. The lowest BCUT2D eigenvalue weighted by Gasteiger charge is -2.43. The van der Waals surface area contributed by atoms with Crippen LogP contribution in [0.1, 0.15) is 113 Å². The molecule has 62 heavy (non-hydrogen) atoms. The zero-order chi connectivity index (χ0) is 43.5. The van der Waals surface area contributed by atoms with Crippen LogP contribution in [0.5, 0.6) is 0 Å². The van der Waals surface area contributed by atoms with Gasteiger partial charge in [0.1, 0.15) is 17.5 Å². The Labute approximate surface area is 362 Å². The van der Waals surface area contributed by atoms with E-state index in [4.69, 9.17) is 9.47 Å². The predicted octanol–water partition coefficient (Wildman–Crippen LogP) is 5.41. The number of nitrogens with zero attached hydrogens (tertiary/aromatic N) is 5. The summed E-state index contributed by atoms with van der Waals surface area (Å²) in [7, 11) is 0. The van der Waals surface area contributed by atoms with Gasteiger partial charge in [0.05, 0.1) is 35.4 Å². The maximum Gasteiger partial charge on any atom is 0.408 e. The first-order valence-electron chi connectivity index (χ1n) is 22.8. The normalized spacial score (nSPS) is 23.4. The minimum atomic E-state index is -0.644. The molecule has 1 saturated carbocycles. The van der Waals surface area contributed by atoms with Gasteiger partial charge in [-0.3, -0.25) is 24.1 Å². The lowest BCUT2D eigenvalue weighted by Crippen LogP contribution is -2.58. The van der Waals surface area contributed by atoms with E-state index >= 15 is 4.39 Å². The first-order chi connectivity index (χ1) is 29.8. The molecule has 14 nitrogen and oxygen atoms in total. The second kappa shape index (κ2) is 18.8. The van der Waals surface area contributed by atoms with Crippen LogP contribution in [-0.2, 0) is 25.5 Å². The van der Waals surface area contributed by atoms with Crippen LogP contribution in [0.2, 0.25) is 0 Å². The fourth-order valence-corrected chi connectivity index (χ4v) is 10.5. The number of likely N-dealkylation sites (tertiary alicyclic amines) is 1. The smallest absolute Gasteiger partial charge is 0.408 e. The van der Waals surface area contributed by atoms with Crippen LogP contribution in [0, 0.1) is 11.7 Å². The third-order valence-electron chi connectivity index (χ3n) is 13.6. The van der Waals surface area contributed by atoms with Crippen LogP contribution in [-0.4, -0.2) is 135 Å². The van der Waals surface area contributed by atoms with Gasteiger partial charge >= 0.3 is 6.09 Å². The van der Waals surface area contributed by atoms with E-state index in [1.54, 1.807) is 34.1 Å². The quantitative estimate of drug-likeness (QED) is 0.272. The van der Waals surface area contributed by atoms with Crippen molar-refractivity contribution < 1.29 is 33.0 Å². The summed E-state index contributed by atoms with van der Waals surface area (Å²) in [5, 5.41) is 11.0. The van der Waals surface area contributed by atoms with Crippen LogP contribution >= 0.6 is 0 Å². The number of amides is 4. The molecular weight excluding hydrogens is 794 g/mol. The van der Waals surface area contributed by atoms with Gasteiger partial charge in [0, 0.05) is 63.2 Å². The van der Waals surface area contributed by atoms with Crippen molar-refractivity contribution in [1.82, 2.24) is 35.1 Å². The number of piperazine rings is 1. The van der Waals surface area contributed by atoms with Crippen molar-refractivity contribution in [2.45, 2.75) is 134 Å². The molecule has 3 aromatic rings. The minimum absolute atomic E-state index is 0.0200. The van der Waals surface area contributed by atoms with E-state index in [1.807, 2.05) is 32.9 Å². The van der Waals surface area contributed by atoms with Crippen molar-refractivity contribution in [2.75, 3.05) is 45.8 Å². The molecule has 2 bridgehead atoms. The Morgan fingerprint density at radius 3 is 2.18 bits per heavy atom. The molecule has 2 unspecified atom stereocenters. The van der Waals surface area contributed by atoms with Crippen LogP contribution in [0.3, 0.4) is 0 Å². The number of piperidine rings is 2. The number of ether oxygens (including phenoxy) is 2. The zero-order valence-electron chi connectivity index (χ0n) is 36.4. The van der Waals surface area contributed by atoms with E-state index in [9.17, 15) is 24.0 Å². The third-order valence-corrected chi connectivity index (χ3v) is 13.6. The van der Waals surface area contributed by atoms with Gasteiger partial charge < -0.3 is 29.5 Å². The lowest BCUT2D eigenvalue weighted by atomic mass is 9.82. The Balaban J connectivity index is 0.780. The average molecular weight is 856 g/mol. The van der Waals surface area contributed by atoms with Gasteiger partial charge in [-0.25, -0.2) is 14.3 Å². The molecule has 4 aliphatic heterocycles. The summed E-state index contributed by atoms with van der Waals surface area (Å²) in [6, 6.07) is 11.3. The highest BCUT2D eigenvalue weighted by molar-refractivity contribution is 5.95. The van der Waals surface area contributed by atoms with Crippen molar-refractivity contribution in [1.29, 1.82) is 0 Å². The Morgan fingerprint density at radius 1 is 0.839 bits per heavy atom. The van der Waals surface area contributed by atoms with E-state index in [2.05, 4.69) is 25.3 Å². The number of benzene rings is 2. The van der Waals surface area contributed by atoms with Crippen LogP contribution in [0.15, 0.2) is 47.3 Å². The highest BCUT2D eigenvalue weighted by Crippen LogP contribution is 2.40. The molecule has 2 aromatic carbocycles.